The molecule has 6 rings (SSSR count). The van der Waals surface area contributed by atoms with Crippen LogP contribution in [-0.2, 0) is 37.4 Å². The van der Waals surface area contributed by atoms with Crippen LogP contribution in [0.2, 0.25) is 0 Å². The number of nitrogen functional groups attached to an aromatic ring is 1. The molecule has 0 atom stereocenters. The van der Waals surface area contributed by atoms with Crippen LogP contribution in [0.1, 0.15) is 47.6 Å². The second-order valence-corrected chi connectivity index (χ2v) is 12.6. The molecule has 278 valence electrons. The number of nitrogens with two attached hydrogens (primary N) is 1. The first-order valence-corrected chi connectivity index (χ1v) is 17.7. The Labute approximate surface area is 306 Å². The van der Waals surface area contributed by atoms with Gasteiger partial charge in [0.25, 0.3) is 5.56 Å². The van der Waals surface area contributed by atoms with Crippen molar-refractivity contribution in [3.63, 3.8) is 0 Å². The number of benzene rings is 4. The van der Waals surface area contributed by atoms with Gasteiger partial charge in [0.05, 0.1) is 6.61 Å². The average Bonchev–Trinajstić information content (AvgIpc) is 3.53. The SMILES string of the molecule is CCCn1c(=O)c2c(nc(Cc3ccccc3)n2CCN(CC)CCO)n(CCc2ccc(N)cc2)c1=O.O=C(OF)c1ccc2ccccc2c1O. The van der Waals surface area contributed by atoms with E-state index in [4.69, 9.17) is 10.7 Å². The Morgan fingerprint density at radius 2 is 1.57 bits per heavy atom. The van der Waals surface area contributed by atoms with E-state index < -0.39 is 5.97 Å². The number of carbonyl (C=O) groups excluding carboxylic acids is 1. The largest absolute Gasteiger partial charge is 0.506 e. The van der Waals surface area contributed by atoms with E-state index in [0.29, 0.717) is 74.2 Å². The highest BCUT2D eigenvalue weighted by Crippen LogP contribution is 2.29. The third-order valence-electron chi connectivity index (χ3n) is 9.14. The first-order valence-electron chi connectivity index (χ1n) is 17.7. The zero-order valence-electron chi connectivity index (χ0n) is 30.0. The summed E-state index contributed by atoms with van der Waals surface area (Å²) in [6.45, 7) is 7.36. The molecule has 0 unspecified atom stereocenters. The van der Waals surface area contributed by atoms with Crippen molar-refractivity contribution in [2.24, 2.45) is 0 Å². The number of imidazole rings is 1. The van der Waals surface area contributed by atoms with Gasteiger partial charge in [-0.15, -0.1) is 0 Å². The molecule has 0 aliphatic heterocycles. The number of aromatic nitrogens is 4. The third-order valence-corrected chi connectivity index (χ3v) is 9.14. The molecule has 0 radical (unpaired) electrons. The molecule has 0 spiro atoms. The maximum atomic E-state index is 13.8. The minimum atomic E-state index is -1.20. The van der Waals surface area contributed by atoms with Gasteiger partial charge in [-0.3, -0.25) is 18.8 Å². The van der Waals surface area contributed by atoms with Crippen molar-refractivity contribution in [1.82, 2.24) is 23.6 Å². The lowest BCUT2D eigenvalue weighted by atomic mass is 10.1. The number of aromatic hydroxyl groups is 1. The summed E-state index contributed by atoms with van der Waals surface area (Å²) in [7, 11) is 0. The topological polar surface area (TPSA) is 158 Å². The van der Waals surface area contributed by atoms with Crippen molar-refractivity contribution in [3.05, 3.63) is 134 Å². The molecule has 0 bridgehead atoms. The van der Waals surface area contributed by atoms with Crippen LogP contribution < -0.4 is 17.0 Å². The van der Waals surface area contributed by atoms with E-state index in [0.717, 1.165) is 28.9 Å². The van der Waals surface area contributed by atoms with Gasteiger partial charge in [-0.05, 0) is 54.1 Å². The van der Waals surface area contributed by atoms with Crippen LogP contribution in [0, 0.1) is 0 Å². The van der Waals surface area contributed by atoms with E-state index >= 15 is 0 Å². The molecule has 4 N–H and O–H groups in total. The van der Waals surface area contributed by atoms with Crippen molar-refractivity contribution in [2.45, 2.75) is 52.7 Å². The lowest BCUT2D eigenvalue weighted by molar-refractivity contribution is -0.0789. The summed E-state index contributed by atoms with van der Waals surface area (Å²) in [4.78, 5) is 48.4. The predicted octanol–water partition coefficient (Wildman–Crippen LogP) is 5.09. The Kier molecular flexibility index (Phi) is 13.1. The van der Waals surface area contributed by atoms with E-state index in [-0.39, 0.29) is 29.2 Å². The van der Waals surface area contributed by atoms with Gasteiger partial charge < -0.3 is 20.5 Å². The summed E-state index contributed by atoms with van der Waals surface area (Å²) in [6.07, 6.45) is 1.82. The summed E-state index contributed by atoms with van der Waals surface area (Å²) in [5, 5.41) is 20.4. The van der Waals surface area contributed by atoms with Crippen LogP contribution in [0.15, 0.2) is 101 Å². The second-order valence-electron chi connectivity index (χ2n) is 12.6. The molecule has 2 aromatic heterocycles. The zero-order chi connectivity index (χ0) is 37.9. The highest BCUT2D eigenvalue weighted by molar-refractivity contribution is 6.00. The smallest absolute Gasteiger partial charge is 0.383 e. The number of carbonyl (C=O) groups is 1. The summed E-state index contributed by atoms with van der Waals surface area (Å²) < 4.78 is 16.7. The number of likely N-dealkylation sites (N-methyl/N-ethyl adjacent to an activating group) is 1. The lowest BCUT2D eigenvalue weighted by Gasteiger charge is -2.20. The number of fused-ring (bicyclic) bond motifs is 2. The molecule has 13 heteroatoms. The fraction of sp³-hybridized carbons (Fsp3) is 0.300. The van der Waals surface area contributed by atoms with Gasteiger partial charge in [-0.2, -0.15) is 0 Å². The predicted molar refractivity (Wildman–Crippen MR) is 204 cm³/mol. The number of anilines is 1. The molecule has 12 nitrogen and oxygen atoms in total. The normalized spacial score (nSPS) is 11.2. The lowest BCUT2D eigenvalue weighted by Crippen LogP contribution is -2.41. The van der Waals surface area contributed by atoms with Gasteiger partial charge in [0.2, 0.25) is 0 Å². The first-order chi connectivity index (χ1) is 25.7. The number of phenols is 1. The molecule has 4 aromatic carbocycles. The number of phenolic OH excluding ortho intramolecular Hbond substituents is 1. The first kappa shape index (κ1) is 38.4. The van der Waals surface area contributed by atoms with E-state index in [1.165, 1.54) is 10.6 Å². The molecular formula is C40H45FN6O6. The Morgan fingerprint density at radius 3 is 2.25 bits per heavy atom. The maximum Gasteiger partial charge on any atom is 0.383 e. The van der Waals surface area contributed by atoms with Gasteiger partial charge in [-0.1, -0.05) is 86.6 Å². The molecule has 53 heavy (non-hydrogen) atoms. The van der Waals surface area contributed by atoms with Gasteiger partial charge in [-0.25, -0.2) is 19.5 Å². The molecule has 0 saturated heterocycles. The zero-order valence-corrected chi connectivity index (χ0v) is 30.0. The quantitative estimate of drug-likeness (QED) is 0.130. The summed E-state index contributed by atoms with van der Waals surface area (Å²) in [6, 6.07) is 27.5. The number of halogens is 1. The highest BCUT2D eigenvalue weighted by atomic mass is 19.3. The number of aliphatic hydroxyl groups is 1. The third kappa shape index (κ3) is 8.99. The highest BCUT2D eigenvalue weighted by Gasteiger charge is 2.22. The number of aryl methyl sites for hydroxylation is 2. The molecule has 0 fully saturated rings. The van der Waals surface area contributed by atoms with Gasteiger partial charge in [0, 0.05) is 54.7 Å². The second kappa shape index (κ2) is 18.1. The minimum Gasteiger partial charge on any atom is -0.506 e. The van der Waals surface area contributed by atoms with Crippen LogP contribution in [0.4, 0.5) is 10.2 Å². The fourth-order valence-electron chi connectivity index (χ4n) is 6.31. The van der Waals surface area contributed by atoms with Crippen molar-refractivity contribution in [1.29, 1.82) is 0 Å². The van der Waals surface area contributed by atoms with Gasteiger partial charge in [0.1, 0.15) is 17.1 Å². The maximum absolute atomic E-state index is 13.8. The monoisotopic (exact) mass is 724 g/mol. The van der Waals surface area contributed by atoms with Crippen LogP contribution in [0.5, 0.6) is 5.75 Å². The molecule has 0 aliphatic carbocycles. The molecule has 0 amide bonds. The minimum absolute atomic E-state index is 0.0728. The van der Waals surface area contributed by atoms with E-state index in [1.807, 2.05) is 66.1 Å². The van der Waals surface area contributed by atoms with E-state index in [2.05, 4.69) is 16.8 Å². The number of rotatable bonds is 14. The number of hydrogen-bond acceptors (Lipinski definition) is 9. The van der Waals surface area contributed by atoms with Crippen molar-refractivity contribution < 1.29 is 24.5 Å². The van der Waals surface area contributed by atoms with Gasteiger partial charge >= 0.3 is 11.7 Å². The summed E-state index contributed by atoms with van der Waals surface area (Å²) in [5.41, 5.74) is 8.75. The molecule has 0 saturated carbocycles. The summed E-state index contributed by atoms with van der Waals surface area (Å²) >= 11 is 0. The molecular weight excluding hydrogens is 679 g/mol. The van der Waals surface area contributed by atoms with Crippen LogP contribution in [-0.4, -0.2) is 66.0 Å². The number of nitrogens with zero attached hydrogens (tertiary/aromatic N) is 5. The van der Waals surface area contributed by atoms with Crippen LogP contribution in [0.3, 0.4) is 0 Å². The Morgan fingerprint density at radius 1 is 0.849 bits per heavy atom. The molecule has 0 aliphatic rings. The Balaban J connectivity index is 0.000000300. The Bertz CT molecular complexity index is 2270. The van der Waals surface area contributed by atoms with Gasteiger partial charge in [0.15, 0.2) is 11.2 Å². The number of hydrogen-bond donors (Lipinski definition) is 3. The summed E-state index contributed by atoms with van der Waals surface area (Å²) in [5.74, 6) is -0.716. The number of aliphatic hydroxyl groups excluding tert-OH is 1. The molecule has 6 aromatic rings. The van der Waals surface area contributed by atoms with Crippen molar-refractivity contribution >= 4 is 33.6 Å². The van der Waals surface area contributed by atoms with Crippen molar-refractivity contribution in [2.75, 3.05) is 32.0 Å². The van der Waals surface area contributed by atoms with E-state index in [1.54, 1.807) is 34.9 Å². The van der Waals surface area contributed by atoms with Crippen LogP contribution >= 0.6 is 0 Å². The Hall–Kier alpha value is -5.79. The average molecular weight is 725 g/mol. The fourth-order valence-corrected chi connectivity index (χ4v) is 6.31. The molecule has 2 heterocycles. The van der Waals surface area contributed by atoms with E-state index in [9.17, 15) is 29.1 Å². The van der Waals surface area contributed by atoms with Crippen LogP contribution in [0.25, 0.3) is 21.9 Å². The standard InChI is InChI=1S/C29H38N6O3.C11H7FO3/c1-3-15-35-28(37)26-27(34(29(35)38)16-14-22-10-12-24(30)13-11-22)31-25(21-23-8-6-5-7-9-23)33(26)18-17-32(4-2)19-20-36;12-15-11(14)9-6-5-7-3-1-2-4-8(7)10(9)13/h5-13,36H,3-4,14-21,30H2,1-2H3;1-6,13H. The van der Waals surface area contributed by atoms with Crippen molar-refractivity contribution in [3.8, 4) is 5.75 Å².